The number of rotatable bonds is 5. The topological polar surface area (TPSA) is 78.9 Å². The minimum absolute atomic E-state index is 0.168. The van der Waals surface area contributed by atoms with Crippen LogP contribution in [0.4, 0.5) is 0 Å². The van der Waals surface area contributed by atoms with Crippen molar-refractivity contribution < 1.29 is 28.6 Å². The van der Waals surface area contributed by atoms with Gasteiger partial charge in [-0.25, -0.2) is 9.59 Å². The summed E-state index contributed by atoms with van der Waals surface area (Å²) in [6.07, 6.45) is 0.713. The minimum Gasteiger partial charge on any atom is -0.480 e. The maximum Gasteiger partial charge on any atom is 0.343 e. The lowest BCUT2D eigenvalue weighted by Gasteiger charge is -2.13. The molecule has 0 amide bonds. The molecule has 0 bridgehead atoms. The summed E-state index contributed by atoms with van der Waals surface area (Å²) in [6.45, 7) is -0.356. The Kier molecular flexibility index (Phi) is 4.73. The third-order valence-corrected chi connectivity index (χ3v) is 3.14. The number of carbonyl (C=O) groups is 3. The maximum absolute atomic E-state index is 11.9. The van der Waals surface area contributed by atoms with Gasteiger partial charge in [0.2, 0.25) is 0 Å². The van der Waals surface area contributed by atoms with E-state index in [0.717, 1.165) is 0 Å². The van der Waals surface area contributed by atoms with E-state index in [0.29, 0.717) is 22.6 Å². The zero-order valence-corrected chi connectivity index (χ0v) is 12.1. The zero-order valence-electron chi connectivity index (χ0n) is 12.1. The zero-order chi connectivity index (χ0) is 16.1. The summed E-state index contributed by atoms with van der Waals surface area (Å²) in [6, 6.07) is 8.14. The van der Waals surface area contributed by atoms with Gasteiger partial charge in [-0.2, -0.15) is 0 Å². The van der Waals surface area contributed by atoms with Crippen molar-refractivity contribution in [3.05, 3.63) is 41.5 Å². The maximum atomic E-state index is 11.9. The van der Waals surface area contributed by atoms with Crippen molar-refractivity contribution in [1.29, 1.82) is 0 Å². The van der Waals surface area contributed by atoms with E-state index >= 15 is 0 Å². The number of ether oxygens (including phenoxy) is 3. The first-order valence-electron chi connectivity index (χ1n) is 6.41. The Morgan fingerprint density at radius 3 is 2.45 bits per heavy atom. The SMILES string of the molecule is COC(=O)COc1c(C(=O)OC)ccc2c(C=O)cccc12. The standard InChI is InChI=1S/C16H14O6/c1-20-14(18)9-22-15-12-5-3-4-10(8-17)11(12)6-7-13(15)16(19)21-2/h3-8H,9H2,1-2H3. The Hall–Kier alpha value is -2.89. The molecule has 22 heavy (non-hydrogen) atoms. The molecule has 2 aromatic rings. The van der Waals surface area contributed by atoms with E-state index in [1.165, 1.54) is 20.3 Å². The van der Waals surface area contributed by atoms with Crippen molar-refractivity contribution in [1.82, 2.24) is 0 Å². The average molecular weight is 302 g/mol. The highest BCUT2D eigenvalue weighted by molar-refractivity contribution is 6.06. The minimum atomic E-state index is -0.599. The third kappa shape index (κ3) is 2.90. The molecule has 2 rings (SSSR count). The Morgan fingerprint density at radius 1 is 1.05 bits per heavy atom. The molecule has 0 N–H and O–H groups in total. The van der Waals surface area contributed by atoms with Gasteiger partial charge in [-0.05, 0) is 11.5 Å². The first-order chi connectivity index (χ1) is 10.6. The second kappa shape index (κ2) is 6.71. The lowest BCUT2D eigenvalue weighted by molar-refractivity contribution is -0.142. The molecule has 0 fully saturated rings. The van der Waals surface area contributed by atoms with Crippen molar-refractivity contribution in [2.75, 3.05) is 20.8 Å². The van der Waals surface area contributed by atoms with Crippen LogP contribution >= 0.6 is 0 Å². The molecular weight excluding hydrogens is 288 g/mol. The molecule has 0 saturated carbocycles. The predicted molar refractivity (Wildman–Crippen MR) is 78.2 cm³/mol. The Labute approximate surface area is 126 Å². The smallest absolute Gasteiger partial charge is 0.343 e. The quantitative estimate of drug-likeness (QED) is 0.621. The molecule has 0 heterocycles. The van der Waals surface area contributed by atoms with E-state index < -0.39 is 11.9 Å². The average Bonchev–Trinajstić information content (AvgIpc) is 2.57. The van der Waals surface area contributed by atoms with Gasteiger partial charge < -0.3 is 14.2 Å². The molecule has 6 heteroatoms. The van der Waals surface area contributed by atoms with Crippen LogP contribution in [0.2, 0.25) is 0 Å². The van der Waals surface area contributed by atoms with Crippen molar-refractivity contribution in [2.24, 2.45) is 0 Å². The monoisotopic (exact) mass is 302 g/mol. The van der Waals surface area contributed by atoms with E-state index in [4.69, 9.17) is 9.47 Å². The highest BCUT2D eigenvalue weighted by Gasteiger charge is 2.18. The number of benzene rings is 2. The summed E-state index contributed by atoms with van der Waals surface area (Å²) < 4.78 is 14.7. The van der Waals surface area contributed by atoms with Crippen LogP contribution in [0.1, 0.15) is 20.7 Å². The van der Waals surface area contributed by atoms with Crippen LogP contribution in [0.15, 0.2) is 30.3 Å². The van der Waals surface area contributed by atoms with Crippen molar-refractivity contribution >= 4 is 29.0 Å². The van der Waals surface area contributed by atoms with Crippen LogP contribution in [-0.4, -0.2) is 39.1 Å². The molecule has 2 aromatic carbocycles. The molecule has 0 aromatic heterocycles. The lowest BCUT2D eigenvalue weighted by atomic mass is 10.0. The normalized spacial score (nSPS) is 10.1. The van der Waals surface area contributed by atoms with Crippen LogP contribution < -0.4 is 4.74 Å². The molecule has 0 spiro atoms. The summed E-state index contributed by atoms with van der Waals surface area (Å²) in [5.41, 5.74) is 0.624. The second-order valence-corrected chi connectivity index (χ2v) is 4.36. The summed E-state index contributed by atoms with van der Waals surface area (Å²) in [5, 5.41) is 1.15. The van der Waals surface area contributed by atoms with E-state index in [9.17, 15) is 14.4 Å². The van der Waals surface area contributed by atoms with Gasteiger partial charge in [-0.15, -0.1) is 0 Å². The highest BCUT2D eigenvalue weighted by Crippen LogP contribution is 2.32. The molecule has 6 nitrogen and oxygen atoms in total. The predicted octanol–water partition coefficient (Wildman–Crippen LogP) is 1.99. The van der Waals surface area contributed by atoms with Gasteiger partial charge >= 0.3 is 11.9 Å². The number of aldehydes is 1. The number of carbonyl (C=O) groups excluding carboxylic acids is 3. The van der Waals surface area contributed by atoms with Gasteiger partial charge in [-0.3, -0.25) is 4.79 Å². The summed E-state index contributed by atoms with van der Waals surface area (Å²) >= 11 is 0. The van der Waals surface area contributed by atoms with E-state index in [-0.39, 0.29) is 17.9 Å². The molecule has 114 valence electrons. The van der Waals surface area contributed by atoms with Crippen LogP contribution in [-0.2, 0) is 14.3 Å². The van der Waals surface area contributed by atoms with Gasteiger partial charge in [0, 0.05) is 10.9 Å². The number of methoxy groups -OCH3 is 2. The molecule has 0 unspecified atom stereocenters. The second-order valence-electron chi connectivity index (χ2n) is 4.36. The van der Waals surface area contributed by atoms with Gasteiger partial charge in [-0.1, -0.05) is 24.3 Å². The Bertz CT molecular complexity index is 735. The fourth-order valence-corrected chi connectivity index (χ4v) is 2.07. The summed E-state index contributed by atoms with van der Waals surface area (Å²) in [5.74, 6) is -1.00. The van der Waals surface area contributed by atoms with Crippen LogP contribution in [0.25, 0.3) is 10.8 Å². The van der Waals surface area contributed by atoms with Crippen molar-refractivity contribution in [3.8, 4) is 5.75 Å². The van der Waals surface area contributed by atoms with Gasteiger partial charge in [0.1, 0.15) is 11.3 Å². The highest BCUT2D eigenvalue weighted by atomic mass is 16.6. The Balaban J connectivity index is 2.61. The largest absolute Gasteiger partial charge is 0.480 e. The number of esters is 2. The van der Waals surface area contributed by atoms with Crippen LogP contribution in [0.3, 0.4) is 0 Å². The number of hydrogen-bond donors (Lipinski definition) is 0. The van der Waals surface area contributed by atoms with Gasteiger partial charge in [0.25, 0.3) is 0 Å². The molecular formula is C16H14O6. The van der Waals surface area contributed by atoms with Crippen molar-refractivity contribution in [2.45, 2.75) is 0 Å². The number of fused-ring (bicyclic) bond motifs is 1. The van der Waals surface area contributed by atoms with E-state index in [1.54, 1.807) is 24.3 Å². The van der Waals surface area contributed by atoms with E-state index in [2.05, 4.69) is 4.74 Å². The van der Waals surface area contributed by atoms with E-state index in [1.807, 2.05) is 0 Å². The molecule has 0 aliphatic rings. The lowest BCUT2D eigenvalue weighted by Crippen LogP contribution is -2.15. The first-order valence-corrected chi connectivity index (χ1v) is 6.41. The molecule has 0 saturated heterocycles. The molecule has 0 aliphatic carbocycles. The van der Waals surface area contributed by atoms with Gasteiger partial charge in [0.15, 0.2) is 12.9 Å². The first kappa shape index (κ1) is 15.5. The summed E-state index contributed by atoms with van der Waals surface area (Å²) in [7, 11) is 2.49. The van der Waals surface area contributed by atoms with Crippen LogP contribution in [0.5, 0.6) is 5.75 Å². The Morgan fingerprint density at radius 2 is 1.82 bits per heavy atom. The van der Waals surface area contributed by atoms with Crippen LogP contribution in [0, 0.1) is 0 Å². The fourth-order valence-electron chi connectivity index (χ4n) is 2.07. The number of hydrogen-bond acceptors (Lipinski definition) is 6. The molecule has 0 radical (unpaired) electrons. The van der Waals surface area contributed by atoms with Gasteiger partial charge in [0.05, 0.1) is 14.2 Å². The molecule has 0 atom stereocenters. The molecule has 0 aliphatic heterocycles. The summed E-state index contributed by atoms with van der Waals surface area (Å²) in [4.78, 5) is 34.2. The van der Waals surface area contributed by atoms with Crippen molar-refractivity contribution in [3.63, 3.8) is 0 Å². The third-order valence-electron chi connectivity index (χ3n) is 3.14. The fraction of sp³-hybridized carbons (Fsp3) is 0.188.